The van der Waals surface area contributed by atoms with Crippen LogP contribution in [-0.4, -0.2) is 47.7 Å². The van der Waals surface area contributed by atoms with Crippen LogP contribution in [0, 0.1) is 0 Å². The first kappa shape index (κ1) is 12.8. The Morgan fingerprint density at radius 3 is 2.78 bits per heavy atom. The average molecular weight is 266 g/mol. The van der Waals surface area contributed by atoms with E-state index in [1.54, 1.807) is 13.1 Å². The summed E-state index contributed by atoms with van der Waals surface area (Å²) in [5.74, 6) is -0.122. The van der Waals surface area contributed by atoms with Crippen molar-refractivity contribution in [3.8, 4) is 0 Å². The fraction of sp³-hybridized carbons (Fsp3) is 0.417. The Kier molecular flexibility index (Phi) is 3.76. The molecule has 2 rings (SSSR count). The van der Waals surface area contributed by atoms with Crippen LogP contribution in [0.5, 0.6) is 0 Å². The third-order valence-corrected chi connectivity index (χ3v) is 3.72. The Morgan fingerprint density at radius 2 is 2.22 bits per heavy atom. The Hall–Kier alpha value is -1.69. The van der Waals surface area contributed by atoms with Gasteiger partial charge in [-0.05, 0) is 17.9 Å². The minimum atomic E-state index is -0.274. The summed E-state index contributed by atoms with van der Waals surface area (Å²) >= 11 is 1.41. The maximum absolute atomic E-state index is 11.7. The monoisotopic (exact) mass is 266 g/mol. The topological polar surface area (TPSA) is 57.7 Å². The zero-order chi connectivity index (χ0) is 13.1. The van der Waals surface area contributed by atoms with Crippen molar-refractivity contribution in [3.05, 3.63) is 22.4 Å². The number of ketones is 1. The zero-order valence-corrected chi connectivity index (χ0v) is 10.9. The van der Waals surface area contributed by atoms with Gasteiger partial charge < -0.3 is 4.90 Å². The number of thiophene rings is 1. The number of imide groups is 1. The molecule has 1 fully saturated rings. The van der Waals surface area contributed by atoms with E-state index in [2.05, 4.69) is 0 Å². The normalized spacial score (nSPS) is 15.6. The molecule has 5 nitrogen and oxygen atoms in total. The van der Waals surface area contributed by atoms with Crippen LogP contribution < -0.4 is 0 Å². The highest BCUT2D eigenvalue weighted by atomic mass is 32.1. The first-order chi connectivity index (χ1) is 8.59. The second-order valence-electron chi connectivity index (χ2n) is 4.19. The summed E-state index contributed by atoms with van der Waals surface area (Å²) in [6.45, 7) is 0.455. The molecule has 0 saturated carbocycles. The van der Waals surface area contributed by atoms with Crippen molar-refractivity contribution in [1.82, 2.24) is 9.80 Å². The first-order valence-electron chi connectivity index (χ1n) is 5.72. The lowest BCUT2D eigenvalue weighted by molar-refractivity contribution is -0.125. The molecular weight excluding hydrogens is 252 g/mol. The Balaban J connectivity index is 1.81. The highest BCUT2D eigenvalue weighted by Crippen LogP contribution is 2.14. The number of rotatable bonds is 5. The molecule has 1 aromatic rings. The third-order valence-electron chi connectivity index (χ3n) is 2.81. The molecule has 18 heavy (non-hydrogen) atoms. The van der Waals surface area contributed by atoms with E-state index in [9.17, 15) is 14.4 Å². The molecule has 1 aliphatic rings. The van der Waals surface area contributed by atoms with Gasteiger partial charge >= 0.3 is 6.03 Å². The zero-order valence-electron chi connectivity index (χ0n) is 10.1. The first-order valence-corrected chi connectivity index (χ1v) is 6.59. The van der Waals surface area contributed by atoms with Gasteiger partial charge in [-0.1, -0.05) is 6.07 Å². The molecule has 1 aromatic heterocycles. The second kappa shape index (κ2) is 5.30. The van der Waals surface area contributed by atoms with Gasteiger partial charge in [-0.15, -0.1) is 11.3 Å². The summed E-state index contributed by atoms with van der Waals surface area (Å²) in [5.41, 5.74) is 0. The highest BCUT2D eigenvalue weighted by Gasteiger charge is 2.32. The van der Waals surface area contributed by atoms with E-state index in [0.717, 1.165) is 4.88 Å². The van der Waals surface area contributed by atoms with E-state index in [-0.39, 0.29) is 24.3 Å². The maximum atomic E-state index is 11.7. The summed E-state index contributed by atoms with van der Waals surface area (Å²) in [7, 11) is 1.59. The second-order valence-corrected chi connectivity index (χ2v) is 5.14. The summed E-state index contributed by atoms with van der Waals surface area (Å²) in [6, 6.07) is 3.34. The van der Waals surface area contributed by atoms with Crippen LogP contribution in [0.1, 0.15) is 22.5 Å². The molecule has 1 saturated heterocycles. The molecule has 0 bridgehead atoms. The molecule has 0 aliphatic carbocycles. The van der Waals surface area contributed by atoms with Crippen LogP contribution in [0.15, 0.2) is 17.5 Å². The fourth-order valence-electron chi connectivity index (χ4n) is 1.85. The minimum Gasteiger partial charge on any atom is -0.318 e. The summed E-state index contributed by atoms with van der Waals surface area (Å²) in [4.78, 5) is 38.1. The van der Waals surface area contributed by atoms with E-state index in [1.807, 2.05) is 11.4 Å². The smallest absolute Gasteiger partial charge is 0.318 e. The average Bonchev–Trinajstić information content (AvgIpc) is 2.93. The highest BCUT2D eigenvalue weighted by molar-refractivity contribution is 7.12. The SMILES string of the molecule is CN1CC(=O)N(CCCC(=O)c2cccs2)C1=O. The van der Waals surface area contributed by atoms with Gasteiger partial charge in [-0.25, -0.2) is 4.79 Å². The maximum Gasteiger partial charge on any atom is 0.326 e. The molecule has 96 valence electrons. The van der Waals surface area contributed by atoms with Crippen molar-refractivity contribution in [1.29, 1.82) is 0 Å². The van der Waals surface area contributed by atoms with Crippen LogP contribution in [0.3, 0.4) is 0 Å². The lowest BCUT2D eigenvalue weighted by Crippen LogP contribution is -2.32. The molecule has 0 unspecified atom stereocenters. The van der Waals surface area contributed by atoms with Gasteiger partial charge in [-0.2, -0.15) is 0 Å². The number of hydrogen-bond acceptors (Lipinski definition) is 4. The predicted molar refractivity (Wildman–Crippen MR) is 67.6 cm³/mol. The molecular formula is C12H14N2O3S. The molecule has 0 N–H and O–H groups in total. The van der Waals surface area contributed by atoms with Gasteiger partial charge in [0.15, 0.2) is 5.78 Å². The van der Waals surface area contributed by atoms with Gasteiger partial charge in [0.1, 0.15) is 6.54 Å². The standard InChI is InChI=1S/C12H14N2O3S/c1-13-8-11(16)14(12(13)17)6-2-4-9(15)10-5-3-7-18-10/h3,5,7H,2,4,6,8H2,1H3. The van der Waals surface area contributed by atoms with E-state index in [0.29, 0.717) is 19.4 Å². The van der Waals surface area contributed by atoms with Crippen molar-refractivity contribution in [2.75, 3.05) is 20.1 Å². The van der Waals surface area contributed by atoms with Gasteiger partial charge in [0.25, 0.3) is 0 Å². The van der Waals surface area contributed by atoms with E-state index in [1.165, 1.54) is 21.1 Å². The van der Waals surface area contributed by atoms with Gasteiger partial charge in [0, 0.05) is 20.0 Å². The largest absolute Gasteiger partial charge is 0.326 e. The van der Waals surface area contributed by atoms with Crippen molar-refractivity contribution in [2.24, 2.45) is 0 Å². The number of carbonyl (C=O) groups excluding carboxylic acids is 3. The Morgan fingerprint density at radius 1 is 1.44 bits per heavy atom. The minimum absolute atomic E-state index is 0.0671. The molecule has 3 amide bonds. The number of nitrogens with zero attached hydrogens (tertiary/aromatic N) is 2. The number of likely N-dealkylation sites (N-methyl/N-ethyl adjacent to an activating group) is 1. The molecule has 0 aromatic carbocycles. The molecule has 0 radical (unpaired) electrons. The van der Waals surface area contributed by atoms with Crippen molar-refractivity contribution in [3.63, 3.8) is 0 Å². The number of carbonyl (C=O) groups is 3. The van der Waals surface area contributed by atoms with Crippen LogP contribution in [0.4, 0.5) is 4.79 Å². The molecule has 2 heterocycles. The number of urea groups is 1. The molecule has 0 spiro atoms. The van der Waals surface area contributed by atoms with E-state index < -0.39 is 0 Å². The number of hydrogen-bond donors (Lipinski definition) is 0. The van der Waals surface area contributed by atoms with Crippen molar-refractivity contribution in [2.45, 2.75) is 12.8 Å². The molecule has 0 atom stereocenters. The lowest BCUT2D eigenvalue weighted by atomic mass is 10.2. The fourth-order valence-corrected chi connectivity index (χ4v) is 2.54. The van der Waals surface area contributed by atoms with Crippen LogP contribution in [0.2, 0.25) is 0 Å². The van der Waals surface area contributed by atoms with Crippen molar-refractivity contribution < 1.29 is 14.4 Å². The summed E-state index contributed by atoms with van der Waals surface area (Å²) < 4.78 is 0. The van der Waals surface area contributed by atoms with Crippen LogP contribution >= 0.6 is 11.3 Å². The van der Waals surface area contributed by atoms with Crippen LogP contribution in [0.25, 0.3) is 0 Å². The van der Waals surface area contributed by atoms with E-state index >= 15 is 0 Å². The number of Topliss-reactive ketones (excluding diaryl/α,β-unsaturated/α-hetero) is 1. The quantitative estimate of drug-likeness (QED) is 0.601. The number of amides is 3. The lowest BCUT2D eigenvalue weighted by Gasteiger charge is -2.13. The van der Waals surface area contributed by atoms with Gasteiger partial charge in [0.05, 0.1) is 4.88 Å². The van der Waals surface area contributed by atoms with Gasteiger partial charge in [-0.3, -0.25) is 14.5 Å². The van der Waals surface area contributed by atoms with Crippen molar-refractivity contribution >= 4 is 29.1 Å². The molecule has 6 heteroatoms. The van der Waals surface area contributed by atoms with Gasteiger partial charge in [0.2, 0.25) is 5.91 Å². The van der Waals surface area contributed by atoms with E-state index in [4.69, 9.17) is 0 Å². The summed E-state index contributed by atoms with van der Waals surface area (Å²) in [5, 5.41) is 1.86. The van der Waals surface area contributed by atoms with Crippen LogP contribution in [-0.2, 0) is 4.79 Å². The Labute approximate surface area is 109 Å². The Bertz CT molecular complexity index is 470. The molecule has 1 aliphatic heterocycles. The third kappa shape index (κ3) is 2.59. The summed E-state index contributed by atoms with van der Waals surface area (Å²) in [6.07, 6.45) is 0.878. The predicted octanol–water partition coefficient (Wildman–Crippen LogP) is 1.60.